The lowest BCUT2D eigenvalue weighted by Gasteiger charge is -2.14. The van der Waals surface area contributed by atoms with Crippen molar-refractivity contribution in [1.29, 1.82) is 0 Å². The number of aliphatic hydroxyl groups excluding tert-OH is 2. The minimum absolute atomic E-state index is 0.0110. The number of ketones is 1. The Morgan fingerprint density at radius 2 is 1.52 bits per heavy atom. The third kappa shape index (κ3) is 14.1. The highest BCUT2D eigenvalue weighted by atomic mass is 16.4. The molecule has 2 unspecified atom stereocenters. The Morgan fingerprint density at radius 3 is 2.17 bits per heavy atom. The summed E-state index contributed by atoms with van der Waals surface area (Å²) in [6, 6.07) is 0. The minimum atomic E-state index is -1.00. The van der Waals surface area contributed by atoms with Gasteiger partial charge < -0.3 is 15.3 Å². The lowest BCUT2D eigenvalue weighted by molar-refractivity contribution is -0.137. The molecule has 0 rings (SSSR count). The third-order valence-electron chi connectivity index (χ3n) is 3.79. The molecule has 0 aromatic carbocycles. The predicted octanol–water partition coefficient (Wildman–Crippen LogP) is 3.23. The second-order valence-corrected chi connectivity index (χ2v) is 6.04. The molecule has 0 saturated carbocycles. The Bertz CT molecular complexity index is 351. The number of carbonyl (C=O) groups excluding carboxylic acids is 1. The molecule has 0 radical (unpaired) electrons. The van der Waals surface area contributed by atoms with Crippen molar-refractivity contribution in [3.8, 4) is 0 Å². The zero-order chi connectivity index (χ0) is 17.5. The fourth-order valence-electron chi connectivity index (χ4n) is 2.30. The molecule has 134 valence electrons. The Hall–Kier alpha value is -1.20. The summed E-state index contributed by atoms with van der Waals surface area (Å²) in [7, 11) is 0. The maximum Gasteiger partial charge on any atom is 0.303 e. The molecule has 0 heterocycles. The van der Waals surface area contributed by atoms with E-state index in [1.807, 2.05) is 0 Å². The second-order valence-electron chi connectivity index (χ2n) is 6.04. The number of aliphatic hydroxyl groups is 2. The van der Waals surface area contributed by atoms with Crippen LogP contribution in [-0.4, -0.2) is 39.3 Å². The van der Waals surface area contributed by atoms with Crippen molar-refractivity contribution < 1.29 is 24.9 Å². The van der Waals surface area contributed by atoms with Crippen LogP contribution in [0.5, 0.6) is 0 Å². The maximum absolute atomic E-state index is 11.5. The molecule has 3 N–H and O–H groups in total. The molecule has 0 aromatic heterocycles. The van der Waals surface area contributed by atoms with Gasteiger partial charge in [0.2, 0.25) is 0 Å². The molecule has 0 aliphatic carbocycles. The number of allylic oxidation sites excluding steroid dienone is 1. The lowest BCUT2D eigenvalue weighted by atomic mass is 10.0. The molecule has 0 aliphatic rings. The van der Waals surface area contributed by atoms with Crippen LogP contribution in [0.25, 0.3) is 0 Å². The van der Waals surface area contributed by atoms with Gasteiger partial charge in [-0.2, -0.15) is 0 Å². The standard InChI is InChI=1S/C18H32O5/c1-2-3-7-10-15(19)13-14-17(21)16(20)11-8-5-4-6-9-12-18(22)23/h13-14,16-17,20-21H,2-12H2,1H3,(H,22,23)/b14-13+. The first kappa shape index (κ1) is 21.8. The summed E-state index contributed by atoms with van der Waals surface area (Å²) in [5.41, 5.74) is 0. The number of carboxylic acids is 1. The smallest absolute Gasteiger partial charge is 0.303 e. The van der Waals surface area contributed by atoms with Crippen LogP contribution < -0.4 is 0 Å². The summed E-state index contributed by atoms with van der Waals surface area (Å²) >= 11 is 0. The van der Waals surface area contributed by atoms with Crippen LogP contribution in [0.2, 0.25) is 0 Å². The van der Waals surface area contributed by atoms with E-state index in [0.717, 1.165) is 44.9 Å². The highest BCUT2D eigenvalue weighted by molar-refractivity contribution is 5.89. The summed E-state index contributed by atoms with van der Waals surface area (Å²) in [5.74, 6) is -0.775. The van der Waals surface area contributed by atoms with Crippen molar-refractivity contribution in [2.45, 2.75) is 89.8 Å². The number of carbonyl (C=O) groups is 2. The van der Waals surface area contributed by atoms with E-state index in [1.165, 1.54) is 12.2 Å². The second kappa shape index (κ2) is 14.4. The van der Waals surface area contributed by atoms with Crippen LogP contribution in [-0.2, 0) is 9.59 Å². The highest BCUT2D eigenvalue weighted by Gasteiger charge is 2.13. The van der Waals surface area contributed by atoms with E-state index in [4.69, 9.17) is 5.11 Å². The molecule has 0 spiro atoms. The topological polar surface area (TPSA) is 94.8 Å². The predicted molar refractivity (Wildman–Crippen MR) is 90.3 cm³/mol. The van der Waals surface area contributed by atoms with Gasteiger partial charge in [0, 0.05) is 12.8 Å². The van der Waals surface area contributed by atoms with Crippen LogP contribution in [0.1, 0.15) is 77.6 Å². The van der Waals surface area contributed by atoms with Gasteiger partial charge in [-0.15, -0.1) is 0 Å². The van der Waals surface area contributed by atoms with Gasteiger partial charge >= 0.3 is 5.97 Å². The average Bonchev–Trinajstić information content (AvgIpc) is 2.51. The summed E-state index contributed by atoms with van der Waals surface area (Å²) in [6.07, 6.45) is 9.20. The van der Waals surface area contributed by atoms with Crippen molar-refractivity contribution in [2.24, 2.45) is 0 Å². The maximum atomic E-state index is 11.5. The van der Waals surface area contributed by atoms with E-state index < -0.39 is 18.2 Å². The highest BCUT2D eigenvalue weighted by Crippen LogP contribution is 2.11. The number of aliphatic carboxylic acids is 1. The monoisotopic (exact) mass is 328 g/mol. The third-order valence-corrected chi connectivity index (χ3v) is 3.79. The summed E-state index contributed by atoms with van der Waals surface area (Å²) in [4.78, 5) is 21.9. The van der Waals surface area contributed by atoms with Crippen molar-refractivity contribution in [3.05, 3.63) is 12.2 Å². The van der Waals surface area contributed by atoms with E-state index in [1.54, 1.807) is 0 Å². The number of rotatable bonds is 15. The molecule has 0 aromatic rings. The van der Waals surface area contributed by atoms with Gasteiger partial charge in [0.15, 0.2) is 5.78 Å². The van der Waals surface area contributed by atoms with Gasteiger partial charge in [-0.3, -0.25) is 9.59 Å². The SMILES string of the molecule is CCCCCC(=O)/C=C/C(O)C(O)CCCCCCCC(=O)O. The molecular formula is C18H32O5. The van der Waals surface area contributed by atoms with Gasteiger partial charge in [0.25, 0.3) is 0 Å². The van der Waals surface area contributed by atoms with Gasteiger partial charge in [-0.05, 0) is 25.3 Å². The molecule has 0 aliphatic heterocycles. The molecule has 0 saturated heterocycles. The van der Waals surface area contributed by atoms with Crippen LogP contribution in [0.4, 0.5) is 0 Å². The van der Waals surface area contributed by atoms with E-state index in [2.05, 4.69) is 6.92 Å². The Labute approximate surface area is 139 Å². The molecule has 2 atom stereocenters. The van der Waals surface area contributed by atoms with E-state index in [0.29, 0.717) is 19.3 Å². The van der Waals surface area contributed by atoms with Crippen molar-refractivity contribution in [2.75, 3.05) is 0 Å². The summed E-state index contributed by atoms with van der Waals surface area (Å²) in [5, 5.41) is 28.1. The fourth-order valence-corrected chi connectivity index (χ4v) is 2.30. The van der Waals surface area contributed by atoms with E-state index in [9.17, 15) is 19.8 Å². The fraction of sp³-hybridized carbons (Fsp3) is 0.778. The van der Waals surface area contributed by atoms with Crippen LogP contribution in [0, 0.1) is 0 Å². The first-order valence-electron chi connectivity index (χ1n) is 8.76. The average molecular weight is 328 g/mol. The molecule has 23 heavy (non-hydrogen) atoms. The quantitative estimate of drug-likeness (QED) is 0.317. The summed E-state index contributed by atoms with van der Waals surface area (Å²) < 4.78 is 0. The van der Waals surface area contributed by atoms with Crippen LogP contribution in [0.3, 0.4) is 0 Å². The molecular weight excluding hydrogens is 296 g/mol. The van der Waals surface area contributed by atoms with Gasteiger partial charge in [0.1, 0.15) is 0 Å². The first-order chi connectivity index (χ1) is 11.0. The number of hydrogen-bond acceptors (Lipinski definition) is 4. The van der Waals surface area contributed by atoms with Gasteiger partial charge in [-0.1, -0.05) is 51.5 Å². The van der Waals surface area contributed by atoms with Crippen LogP contribution in [0.15, 0.2) is 12.2 Å². The normalized spacial score (nSPS) is 14.0. The van der Waals surface area contributed by atoms with Crippen LogP contribution >= 0.6 is 0 Å². The number of unbranched alkanes of at least 4 members (excludes halogenated alkanes) is 6. The number of hydrogen-bond donors (Lipinski definition) is 3. The molecule has 0 amide bonds. The van der Waals surface area contributed by atoms with Gasteiger partial charge in [0.05, 0.1) is 12.2 Å². The Kier molecular flexibility index (Phi) is 13.6. The summed E-state index contributed by atoms with van der Waals surface area (Å²) in [6.45, 7) is 2.08. The minimum Gasteiger partial charge on any atom is -0.481 e. The van der Waals surface area contributed by atoms with Crippen molar-refractivity contribution in [3.63, 3.8) is 0 Å². The molecule has 0 fully saturated rings. The Morgan fingerprint density at radius 1 is 0.913 bits per heavy atom. The molecule has 5 heteroatoms. The van der Waals surface area contributed by atoms with Crippen molar-refractivity contribution in [1.82, 2.24) is 0 Å². The first-order valence-corrected chi connectivity index (χ1v) is 8.76. The zero-order valence-corrected chi connectivity index (χ0v) is 14.2. The lowest BCUT2D eigenvalue weighted by Crippen LogP contribution is -2.23. The van der Waals surface area contributed by atoms with E-state index >= 15 is 0 Å². The van der Waals surface area contributed by atoms with Crippen molar-refractivity contribution >= 4 is 11.8 Å². The van der Waals surface area contributed by atoms with E-state index in [-0.39, 0.29) is 12.2 Å². The molecule has 0 bridgehead atoms. The number of carboxylic acid groups (broad SMARTS) is 1. The largest absolute Gasteiger partial charge is 0.481 e. The zero-order valence-electron chi connectivity index (χ0n) is 14.2. The van der Waals surface area contributed by atoms with Gasteiger partial charge in [-0.25, -0.2) is 0 Å². The Balaban J connectivity index is 3.70. The molecule has 5 nitrogen and oxygen atoms in total.